The minimum Gasteiger partial charge on any atom is -0.346 e. The van der Waals surface area contributed by atoms with Crippen molar-refractivity contribution in [1.82, 2.24) is 25.6 Å². The quantitative estimate of drug-likeness (QED) is 0.818. The van der Waals surface area contributed by atoms with Crippen LogP contribution in [0, 0.1) is 0 Å². The number of carbonyl (C=O) groups is 1. The molecule has 0 saturated carbocycles. The summed E-state index contributed by atoms with van der Waals surface area (Å²) >= 11 is 5.05. The lowest BCUT2D eigenvalue weighted by Gasteiger charge is -2.22. The molecule has 0 atom stereocenters. The number of halogens is 2. The smallest absolute Gasteiger partial charge is 0.273 e. The zero-order chi connectivity index (χ0) is 14.7. The van der Waals surface area contributed by atoms with Crippen LogP contribution in [-0.4, -0.2) is 34.0 Å². The zero-order valence-corrected chi connectivity index (χ0v) is 15.0. The molecule has 0 unspecified atom stereocenters. The van der Waals surface area contributed by atoms with Crippen LogP contribution < -0.4 is 10.6 Å². The van der Waals surface area contributed by atoms with E-state index in [4.69, 9.17) is 0 Å². The molecular formula is C13H17BrClN5OS. The van der Waals surface area contributed by atoms with E-state index in [0.717, 1.165) is 35.3 Å². The first-order chi connectivity index (χ1) is 10.2. The Hall–Kier alpha value is -0.960. The summed E-state index contributed by atoms with van der Waals surface area (Å²) in [6, 6.07) is 2.31. The van der Waals surface area contributed by atoms with E-state index in [1.54, 1.807) is 17.5 Å². The van der Waals surface area contributed by atoms with Gasteiger partial charge in [0.25, 0.3) is 5.91 Å². The Balaban J connectivity index is 0.00000176. The molecule has 6 nitrogen and oxygen atoms in total. The van der Waals surface area contributed by atoms with Crippen LogP contribution in [-0.2, 0) is 6.54 Å². The van der Waals surface area contributed by atoms with Crippen LogP contribution in [0.25, 0.3) is 0 Å². The molecule has 9 heteroatoms. The maximum Gasteiger partial charge on any atom is 0.273 e. The monoisotopic (exact) mass is 405 g/mol. The molecule has 0 radical (unpaired) electrons. The van der Waals surface area contributed by atoms with Gasteiger partial charge < -0.3 is 10.6 Å². The predicted molar refractivity (Wildman–Crippen MR) is 91.6 cm³/mol. The summed E-state index contributed by atoms with van der Waals surface area (Å²) in [6.45, 7) is 2.47. The van der Waals surface area contributed by atoms with E-state index < -0.39 is 0 Å². The van der Waals surface area contributed by atoms with Crippen LogP contribution in [0.2, 0.25) is 0 Å². The van der Waals surface area contributed by atoms with Gasteiger partial charge in [0.2, 0.25) is 0 Å². The third-order valence-corrected chi connectivity index (χ3v) is 5.45. The van der Waals surface area contributed by atoms with E-state index in [0.29, 0.717) is 18.3 Å². The summed E-state index contributed by atoms with van der Waals surface area (Å²) in [6.07, 6.45) is 3.79. The van der Waals surface area contributed by atoms with Crippen molar-refractivity contribution in [3.63, 3.8) is 0 Å². The number of nitrogens with one attached hydrogen (secondary N) is 2. The van der Waals surface area contributed by atoms with Gasteiger partial charge in [0.1, 0.15) is 0 Å². The van der Waals surface area contributed by atoms with Crippen LogP contribution in [0.5, 0.6) is 0 Å². The highest BCUT2D eigenvalue weighted by molar-refractivity contribution is 9.10. The second kappa shape index (κ2) is 8.05. The Bertz CT molecular complexity index is 625. The first-order valence-electron chi connectivity index (χ1n) is 6.86. The average Bonchev–Trinajstić information content (AvgIpc) is 3.15. The Morgan fingerprint density at radius 1 is 1.50 bits per heavy atom. The van der Waals surface area contributed by atoms with Gasteiger partial charge >= 0.3 is 0 Å². The maximum atomic E-state index is 12.1. The Morgan fingerprint density at radius 3 is 2.95 bits per heavy atom. The average molecular weight is 407 g/mol. The highest BCUT2D eigenvalue weighted by atomic mass is 79.9. The number of hydrogen-bond donors (Lipinski definition) is 2. The lowest BCUT2D eigenvalue weighted by atomic mass is 10.1. The first kappa shape index (κ1) is 17.4. The third kappa shape index (κ3) is 4.07. The molecular weight excluding hydrogens is 390 g/mol. The normalized spacial score (nSPS) is 15.3. The summed E-state index contributed by atoms with van der Waals surface area (Å²) < 4.78 is 2.84. The fourth-order valence-corrected chi connectivity index (χ4v) is 3.77. The number of hydrogen-bond acceptors (Lipinski definition) is 5. The minimum absolute atomic E-state index is 0. The van der Waals surface area contributed by atoms with Crippen molar-refractivity contribution < 1.29 is 4.79 Å². The van der Waals surface area contributed by atoms with E-state index in [-0.39, 0.29) is 18.3 Å². The molecule has 3 rings (SSSR count). The van der Waals surface area contributed by atoms with Gasteiger partial charge in [-0.2, -0.15) is 0 Å². The molecule has 1 amide bonds. The molecule has 0 spiro atoms. The second-order valence-corrected chi connectivity index (χ2v) is 6.79. The van der Waals surface area contributed by atoms with E-state index in [1.165, 1.54) is 0 Å². The summed E-state index contributed by atoms with van der Waals surface area (Å²) in [5.41, 5.74) is 0.376. The molecule has 22 heavy (non-hydrogen) atoms. The van der Waals surface area contributed by atoms with Crippen LogP contribution in [0.3, 0.4) is 0 Å². The summed E-state index contributed by atoms with van der Waals surface area (Å²) in [5, 5.41) is 16.2. The van der Waals surface area contributed by atoms with Crippen LogP contribution in [0.4, 0.5) is 0 Å². The number of nitrogens with zero attached hydrogens (tertiary/aromatic N) is 3. The van der Waals surface area contributed by atoms with E-state index >= 15 is 0 Å². The van der Waals surface area contributed by atoms with Gasteiger partial charge in [0.15, 0.2) is 5.69 Å². The molecule has 0 aliphatic carbocycles. The number of rotatable bonds is 4. The molecule has 0 aromatic carbocycles. The molecule has 2 N–H and O–H groups in total. The molecule has 2 aromatic heterocycles. The molecule has 1 saturated heterocycles. The molecule has 0 bridgehead atoms. The van der Waals surface area contributed by atoms with Gasteiger partial charge in [-0.15, -0.1) is 28.8 Å². The number of piperidine rings is 1. The second-order valence-electron chi connectivity index (χ2n) is 4.94. The third-order valence-electron chi connectivity index (χ3n) is 3.53. The summed E-state index contributed by atoms with van der Waals surface area (Å²) in [5.74, 6) is -0.185. The number of aromatic nitrogens is 3. The van der Waals surface area contributed by atoms with Crippen molar-refractivity contribution in [1.29, 1.82) is 0 Å². The standard InChI is InChI=1S/C13H16BrN5OS.ClH/c14-10-3-6-21-12(10)7-16-13(20)11-8-19(18-17-11)9-1-4-15-5-2-9;/h3,6,8-9,15H,1-2,4-5,7H2,(H,16,20);1H. The molecule has 3 heterocycles. The van der Waals surface area contributed by atoms with Crippen molar-refractivity contribution in [2.24, 2.45) is 0 Å². The maximum absolute atomic E-state index is 12.1. The van der Waals surface area contributed by atoms with Crippen LogP contribution in [0.1, 0.15) is 34.2 Å². The van der Waals surface area contributed by atoms with Gasteiger partial charge in [-0.3, -0.25) is 4.79 Å². The van der Waals surface area contributed by atoms with Gasteiger partial charge in [-0.25, -0.2) is 4.68 Å². The Labute approximate surface area is 147 Å². The topological polar surface area (TPSA) is 71.8 Å². The molecule has 1 fully saturated rings. The lowest BCUT2D eigenvalue weighted by Crippen LogP contribution is -2.29. The van der Waals surface area contributed by atoms with Crippen LogP contribution >= 0.6 is 39.7 Å². The van der Waals surface area contributed by atoms with E-state index in [9.17, 15) is 4.79 Å². The first-order valence-corrected chi connectivity index (χ1v) is 8.54. The van der Waals surface area contributed by atoms with Gasteiger partial charge in [0, 0.05) is 9.35 Å². The van der Waals surface area contributed by atoms with Crippen molar-refractivity contribution in [3.05, 3.63) is 32.7 Å². The number of carbonyl (C=O) groups excluding carboxylic acids is 1. The van der Waals surface area contributed by atoms with Crippen LogP contribution in [0.15, 0.2) is 22.1 Å². The highest BCUT2D eigenvalue weighted by Crippen LogP contribution is 2.22. The van der Waals surface area contributed by atoms with Crippen molar-refractivity contribution in [2.75, 3.05) is 13.1 Å². The molecule has 1 aliphatic rings. The SMILES string of the molecule is Cl.O=C(NCc1sccc1Br)c1cn(C2CCNCC2)nn1. The summed E-state index contributed by atoms with van der Waals surface area (Å²) in [7, 11) is 0. The lowest BCUT2D eigenvalue weighted by molar-refractivity contribution is 0.0946. The van der Waals surface area contributed by atoms with Gasteiger partial charge in [-0.1, -0.05) is 5.21 Å². The molecule has 120 valence electrons. The van der Waals surface area contributed by atoms with E-state index in [1.807, 2.05) is 16.1 Å². The van der Waals surface area contributed by atoms with Gasteiger partial charge in [0.05, 0.1) is 18.8 Å². The largest absolute Gasteiger partial charge is 0.346 e. The fourth-order valence-electron chi connectivity index (χ4n) is 2.33. The van der Waals surface area contributed by atoms with Crippen molar-refractivity contribution in [2.45, 2.75) is 25.4 Å². The predicted octanol–water partition coefficient (Wildman–Crippen LogP) is 2.38. The highest BCUT2D eigenvalue weighted by Gasteiger charge is 2.18. The number of amides is 1. The minimum atomic E-state index is -0.185. The molecule has 1 aliphatic heterocycles. The number of thiophene rings is 1. The van der Waals surface area contributed by atoms with E-state index in [2.05, 4.69) is 36.9 Å². The summed E-state index contributed by atoms with van der Waals surface area (Å²) in [4.78, 5) is 13.2. The Morgan fingerprint density at radius 2 is 2.27 bits per heavy atom. The Kier molecular flexibility index (Phi) is 6.37. The molecule has 2 aromatic rings. The van der Waals surface area contributed by atoms with Crippen molar-refractivity contribution in [3.8, 4) is 0 Å². The van der Waals surface area contributed by atoms with Gasteiger partial charge in [-0.05, 0) is 53.3 Å². The zero-order valence-electron chi connectivity index (χ0n) is 11.8. The van der Waals surface area contributed by atoms with Crippen molar-refractivity contribution >= 4 is 45.6 Å². The fraction of sp³-hybridized carbons (Fsp3) is 0.462.